The minimum Gasteiger partial charge on any atom is -0.313 e. The fourth-order valence-corrected chi connectivity index (χ4v) is 4.01. The molecule has 1 aromatic heterocycles. The minimum absolute atomic E-state index is 0.230. The lowest BCUT2D eigenvalue weighted by Gasteiger charge is -2.21. The Morgan fingerprint density at radius 1 is 1.08 bits per heavy atom. The van der Waals surface area contributed by atoms with Crippen LogP contribution in [-0.2, 0) is 6.42 Å². The van der Waals surface area contributed by atoms with Crippen LogP contribution in [0.2, 0.25) is 5.02 Å². The Kier molecular flexibility index (Phi) is 4.30. The van der Waals surface area contributed by atoms with Gasteiger partial charge < -0.3 is 4.57 Å². The maximum atomic E-state index is 12.6. The first-order chi connectivity index (χ1) is 12.0. The lowest BCUT2D eigenvalue weighted by atomic mass is 9.88. The normalized spacial score (nSPS) is 16.8. The van der Waals surface area contributed by atoms with E-state index in [1.165, 1.54) is 0 Å². The van der Waals surface area contributed by atoms with Crippen molar-refractivity contribution in [3.8, 4) is 16.9 Å². The van der Waals surface area contributed by atoms with E-state index in [1.54, 1.807) is 0 Å². The molecule has 2 aromatic carbocycles. The van der Waals surface area contributed by atoms with Gasteiger partial charge in [-0.3, -0.25) is 4.79 Å². The first-order valence-corrected chi connectivity index (χ1v) is 9.49. The van der Waals surface area contributed by atoms with E-state index >= 15 is 0 Å². The van der Waals surface area contributed by atoms with Gasteiger partial charge in [-0.05, 0) is 54.3 Å². The van der Waals surface area contributed by atoms with E-state index in [1.807, 2.05) is 42.5 Å². The third kappa shape index (κ3) is 3.07. The van der Waals surface area contributed by atoms with Gasteiger partial charge in [0, 0.05) is 32.9 Å². The van der Waals surface area contributed by atoms with E-state index in [0.29, 0.717) is 17.4 Å². The molecule has 4 rings (SSSR count). The third-order valence-electron chi connectivity index (χ3n) is 4.69. The second-order valence-corrected chi connectivity index (χ2v) is 8.00. The van der Waals surface area contributed by atoms with Gasteiger partial charge in [-0.2, -0.15) is 0 Å². The number of benzene rings is 2. The number of hydrogen-bond donors (Lipinski definition) is 0. The Morgan fingerprint density at radius 2 is 1.84 bits per heavy atom. The van der Waals surface area contributed by atoms with Crippen molar-refractivity contribution < 1.29 is 4.79 Å². The van der Waals surface area contributed by atoms with Crippen molar-refractivity contribution in [3.05, 3.63) is 75.4 Å². The van der Waals surface area contributed by atoms with Crippen molar-refractivity contribution in [1.29, 1.82) is 0 Å². The number of ketones is 1. The van der Waals surface area contributed by atoms with E-state index < -0.39 is 0 Å². The van der Waals surface area contributed by atoms with Crippen LogP contribution in [0.4, 0.5) is 0 Å². The standard InChI is InChI=1S/C21H17BrClNO/c1-13-9-20-18(21(25)10-13)12-19(14-5-7-15(22)8-6-14)24(20)17-4-2-3-16(23)11-17/h2-8,11-13H,9-10H2,1H3. The summed E-state index contributed by atoms with van der Waals surface area (Å²) in [6.45, 7) is 2.13. The van der Waals surface area contributed by atoms with Crippen LogP contribution in [0.25, 0.3) is 16.9 Å². The zero-order valence-corrected chi connectivity index (χ0v) is 16.1. The second kappa shape index (κ2) is 6.47. The van der Waals surface area contributed by atoms with Crippen LogP contribution >= 0.6 is 27.5 Å². The van der Waals surface area contributed by atoms with E-state index in [-0.39, 0.29) is 5.78 Å². The van der Waals surface area contributed by atoms with Crippen LogP contribution in [0.5, 0.6) is 0 Å². The number of hydrogen-bond acceptors (Lipinski definition) is 1. The number of carbonyl (C=O) groups is 1. The molecule has 25 heavy (non-hydrogen) atoms. The molecular weight excluding hydrogens is 398 g/mol. The summed E-state index contributed by atoms with van der Waals surface area (Å²) in [5.41, 5.74) is 5.04. The summed E-state index contributed by atoms with van der Waals surface area (Å²) in [5, 5.41) is 0.692. The van der Waals surface area contributed by atoms with Crippen molar-refractivity contribution in [1.82, 2.24) is 4.57 Å². The molecule has 0 saturated carbocycles. The van der Waals surface area contributed by atoms with Crippen molar-refractivity contribution in [2.24, 2.45) is 5.92 Å². The highest BCUT2D eigenvalue weighted by Crippen LogP contribution is 2.36. The smallest absolute Gasteiger partial charge is 0.164 e. The third-order valence-corrected chi connectivity index (χ3v) is 5.45. The summed E-state index contributed by atoms with van der Waals surface area (Å²) in [6.07, 6.45) is 1.51. The summed E-state index contributed by atoms with van der Waals surface area (Å²) in [4.78, 5) is 12.6. The maximum Gasteiger partial charge on any atom is 0.164 e. The van der Waals surface area contributed by atoms with Crippen molar-refractivity contribution in [2.75, 3.05) is 0 Å². The number of aromatic nitrogens is 1. The number of nitrogens with zero attached hydrogens (tertiary/aromatic N) is 1. The molecular formula is C21H17BrClNO. The predicted molar refractivity (Wildman–Crippen MR) is 106 cm³/mol. The van der Waals surface area contributed by atoms with Crippen LogP contribution in [-0.4, -0.2) is 10.4 Å². The Bertz CT molecular complexity index is 959. The van der Waals surface area contributed by atoms with Crippen molar-refractivity contribution in [3.63, 3.8) is 0 Å². The van der Waals surface area contributed by atoms with Crippen molar-refractivity contribution >= 4 is 33.3 Å². The van der Waals surface area contributed by atoms with Gasteiger partial charge >= 0.3 is 0 Å². The van der Waals surface area contributed by atoms with E-state index in [4.69, 9.17) is 11.6 Å². The summed E-state index contributed by atoms with van der Waals surface area (Å²) in [7, 11) is 0. The lowest BCUT2D eigenvalue weighted by Crippen LogP contribution is -2.19. The van der Waals surface area contributed by atoms with Crippen LogP contribution in [0.1, 0.15) is 29.4 Å². The molecule has 0 spiro atoms. The summed E-state index contributed by atoms with van der Waals surface area (Å²) < 4.78 is 3.23. The Balaban J connectivity index is 1.99. The Morgan fingerprint density at radius 3 is 2.56 bits per heavy atom. The quantitative estimate of drug-likeness (QED) is 0.480. The van der Waals surface area contributed by atoms with Gasteiger partial charge in [0.05, 0.1) is 5.69 Å². The molecule has 1 heterocycles. The average molecular weight is 415 g/mol. The largest absolute Gasteiger partial charge is 0.313 e. The van der Waals surface area contributed by atoms with Gasteiger partial charge in [0.15, 0.2) is 5.78 Å². The van der Waals surface area contributed by atoms with Crippen LogP contribution < -0.4 is 0 Å². The van der Waals surface area contributed by atoms with Crippen LogP contribution in [0.3, 0.4) is 0 Å². The average Bonchev–Trinajstić information content (AvgIpc) is 2.95. The van der Waals surface area contributed by atoms with E-state index in [9.17, 15) is 4.79 Å². The highest BCUT2D eigenvalue weighted by atomic mass is 79.9. The number of Topliss-reactive ketones (excluding diaryl/α,β-unsaturated/α-hetero) is 1. The van der Waals surface area contributed by atoms with Crippen LogP contribution in [0.15, 0.2) is 59.1 Å². The molecule has 0 N–H and O–H groups in total. The second-order valence-electron chi connectivity index (χ2n) is 6.65. The van der Waals surface area contributed by atoms with Gasteiger partial charge in [0.2, 0.25) is 0 Å². The summed E-state index contributed by atoms with van der Waals surface area (Å²) >= 11 is 9.72. The molecule has 0 fully saturated rings. The highest BCUT2D eigenvalue weighted by molar-refractivity contribution is 9.10. The Hall–Kier alpha value is -1.84. The molecule has 1 unspecified atom stereocenters. The lowest BCUT2D eigenvalue weighted by molar-refractivity contribution is 0.0952. The molecule has 1 aliphatic rings. The summed E-state index contributed by atoms with van der Waals surface area (Å²) in [6, 6.07) is 18.0. The molecule has 0 bridgehead atoms. The summed E-state index contributed by atoms with van der Waals surface area (Å²) in [5.74, 6) is 0.582. The van der Waals surface area contributed by atoms with Crippen molar-refractivity contribution in [2.45, 2.75) is 19.8 Å². The number of carbonyl (C=O) groups excluding carboxylic acids is 1. The molecule has 126 valence electrons. The van der Waals surface area contributed by atoms with Crippen LogP contribution in [0, 0.1) is 5.92 Å². The molecule has 1 aliphatic carbocycles. The molecule has 2 nitrogen and oxygen atoms in total. The molecule has 0 aliphatic heterocycles. The molecule has 0 radical (unpaired) electrons. The fourth-order valence-electron chi connectivity index (χ4n) is 3.56. The van der Waals surface area contributed by atoms with Gasteiger partial charge in [-0.25, -0.2) is 0 Å². The molecule has 1 atom stereocenters. The zero-order chi connectivity index (χ0) is 17.6. The minimum atomic E-state index is 0.230. The maximum absolute atomic E-state index is 12.6. The van der Waals surface area contributed by atoms with E-state index in [0.717, 1.165) is 39.1 Å². The van der Waals surface area contributed by atoms with Gasteiger partial charge in [-0.1, -0.05) is 52.7 Å². The monoisotopic (exact) mass is 413 g/mol. The first kappa shape index (κ1) is 16.6. The molecule has 4 heteroatoms. The SMILES string of the molecule is CC1CC(=O)c2cc(-c3ccc(Br)cc3)n(-c3cccc(Cl)c3)c2C1. The number of rotatable bonds is 2. The number of fused-ring (bicyclic) bond motifs is 1. The fraction of sp³-hybridized carbons (Fsp3) is 0.190. The van der Waals surface area contributed by atoms with Gasteiger partial charge in [-0.15, -0.1) is 0 Å². The number of halogens is 2. The molecule has 3 aromatic rings. The topological polar surface area (TPSA) is 22.0 Å². The van der Waals surface area contributed by atoms with Gasteiger partial charge in [0.25, 0.3) is 0 Å². The Labute approximate surface area is 160 Å². The first-order valence-electron chi connectivity index (χ1n) is 8.32. The molecule has 0 saturated heterocycles. The zero-order valence-electron chi connectivity index (χ0n) is 13.8. The molecule has 0 amide bonds. The highest BCUT2D eigenvalue weighted by Gasteiger charge is 2.28. The predicted octanol–water partition coefficient (Wildman–Crippen LogP) is 6.33. The van der Waals surface area contributed by atoms with E-state index in [2.05, 4.69) is 39.6 Å². The van der Waals surface area contributed by atoms with Gasteiger partial charge in [0.1, 0.15) is 0 Å².